The molecule has 0 bridgehead atoms. The van der Waals surface area contributed by atoms with E-state index in [0.29, 0.717) is 6.04 Å². The molecule has 0 aliphatic carbocycles. The van der Waals surface area contributed by atoms with Gasteiger partial charge in [0.2, 0.25) is 0 Å². The first-order valence-electron chi connectivity index (χ1n) is 12.2. The fourth-order valence-electron chi connectivity index (χ4n) is 5.48. The molecule has 1 unspecified atom stereocenters. The molecule has 3 aliphatic heterocycles. The Balaban J connectivity index is 1.25. The van der Waals surface area contributed by atoms with Crippen LogP contribution in [0.5, 0.6) is 0 Å². The standard InChI is InChI=1S/C29H35N3O/c1-3-8-23(4-2)29(24-9-6-5-7-10-24)32-21-28(22-32)31-14-13-25-19-27(12-11-26(25)20-31)30-15-17-33-18-16-30/h3-12,19,28-29H,1-2,13-18,20-22H2/b23-8+. The van der Waals surface area contributed by atoms with E-state index in [-0.39, 0.29) is 6.04 Å². The van der Waals surface area contributed by atoms with Crippen molar-refractivity contribution in [3.05, 3.63) is 102 Å². The predicted octanol–water partition coefficient (Wildman–Crippen LogP) is 4.61. The van der Waals surface area contributed by atoms with Gasteiger partial charge in [0.05, 0.1) is 19.3 Å². The number of ether oxygens (including phenoxy) is 1. The van der Waals surface area contributed by atoms with E-state index in [2.05, 4.69) is 82.5 Å². The van der Waals surface area contributed by atoms with Gasteiger partial charge in [0.1, 0.15) is 0 Å². The van der Waals surface area contributed by atoms with Crippen molar-refractivity contribution in [1.29, 1.82) is 0 Å². The summed E-state index contributed by atoms with van der Waals surface area (Å²) in [5.41, 5.74) is 6.92. The number of benzene rings is 2. The highest BCUT2D eigenvalue weighted by Gasteiger charge is 2.38. The van der Waals surface area contributed by atoms with Crippen molar-refractivity contribution in [3.8, 4) is 0 Å². The molecule has 3 aliphatic rings. The molecule has 1 atom stereocenters. The lowest BCUT2D eigenvalue weighted by atomic mass is 9.90. The van der Waals surface area contributed by atoms with Crippen molar-refractivity contribution in [1.82, 2.24) is 9.80 Å². The summed E-state index contributed by atoms with van der Waals surface area (Å²) in [6.07, 6.45) is 7.09. The van der Waals surface area contributed by atoms with Crippen LogP contribution >= 0.6 is 0 Å². The molecule has 0 spiro atoms. The van der Waals surface area contributed by atoms with E-state index in [0.717, 1.165) is 58.9 Å². The lowest BCUT2D eigenvalue weighted by molar-refractivity contribution is 0.00712. The second-order valence-corrected chi connectivity index (χ2v) is 9.30. The zero-order chi connectivity index (χ0) is 22.6. The molecule has 0 aromatic heterocycles. The van der Waals surface area contributed by atoms with Gasteiger partial charge in [-0.05, 0) is 40.8 Å². The molecule has 2 aromatic rings. The average molecular weight is 442 g/mol. The fraction of sp³-hybridized carbons (Fsp3) is 0.379. The van der Waals surface area contributed by atoms with Gasteiger partial charge in [-0.1, -0.05) is 67.8 Å². The highest BCUT2D eigenvalue weighted by Crippen LogP contribution is 2.36. The predicted molar refractivity (Wildman–Crippen MR) is 137 cm³/mol. The van der Waals surface area contributed by atoms with Gasteiger partial charge in [0, 0.05) is 51.0 Å². The Morgan fingerprint density at radius 3 is 2.48 bits per heavy atom. The summed E-state index contributed by atoms with van der Waals surface area (Å²) in [5.74, 6) is 0. The van der Waals surface area contributed by atoms with Crippen molar-refractivity contribution in [2.75, 3.05) is 50.8 Å². The Morgan fingerprint density at radius 1 is 0.970 bits per heavy atom. The van der Waals surface area contributed by atoms with Crippen LogP contribution in [0.25, 0.3) is 0 Å². The summed E-state index contributed by atoms with van der Waals surface area (Å²) < 4.78 is 5.52. The molecular formula is C29H35N3O. The topological polar surface area (TPSA) is 19.0 Å². The molecular weight excluding hydrogens is 406 g/mol. The van der Waals surface area contributed by atoms with Crippen LogP contribution in [0.1, 0.15) is 22.7 Å². The number of hydrogen-bond donors (Lipinski definition) is 0. The van der Waals surface area contributed by atoms with Gasteiger partial charge in [0.25, 0.3) is 0 Å². The number of fused-ring (bicyclic) bond motifs is 1. The van der Waals surface area contributed by atoms with Crippen molar-refractivity contribution >= 4 is 5.69 Å². The molecule has 4 heteroatoms. The molecule has 2 aromatic carbocycles. The zero-order valence-corrected chi connectivity index (χ0v) is 19.5. The Morgan fingerprint density at radius 2 is 1.76 bits per heavy atom. The Kier molecular flexibility index (Phi) is 6.77. The van der Waals surface area contributed by atoms with Gasteiger partial charge in [-0.25, -0.2) is 0 Å². The SMILES string of the molecule is C=C/C=C(\C=C)C(c1ccccc1)N1CC(N2CCc3cc(N4CCOCC4)ccc3C2)C1. The summed E-state index contributed by atoms with van der Waals surface area (Å²) in [6.45, 7) is 16.0. The van der Waals surface area contributed by atoms with Crippen molar-refractivity contribution in [2.45, 2.75) is 25.0 Å². The normalized spacial score (nSPS) is 21.2. The molecule has 172 valence electrons. The Bertz CT molecular complexity index is 1000. The minimum atomic E-state index is 0.242. The third kappa shape index (κ3) is 4.70. The Labute approximate surface area is 198 Å². The van der Waals surface area contributed by atoms with Crippen LogP contribution < -0.4 is 4.90 Å². The van der Waals surface area contributed by atoms with Crippen LogP contribution in [0.4, 0.5) is 5.69 Å². The molecule has 0 N–H and O–H groups in total. The summed E-state index contributed by atoms with van der Waals surface area (Å²) in [4.78, 5) is 7.71. The maximum absolute atomic E-state index is 5.52. The quantitative estimate of drug-likeness (QED) is 0.584. The van der Waals surface area contributed by atoms with Gasteiger partial charge in [-0.15, -0.1) is 0 Å². The van der Waals surface area contributed by atoms with Gasteiger partial charge < -0.3 is 9.64 Å². The highest BCUT2D eigenvalue weighted by atomic mass is 16.5. The second-order valence-electron chi connectivity index (χ2n) is 9.30. The van der Waals surface area contributed by atoms with Crippen molar-refractivity contribution in [2.24, 2.45) is 0 Å². The van der Waals surface area contributed by atoms with Crippen LogP contribution in [-0.2, 0) is 17.7 Å². The minimum absolute atomic E-state index is 0.242. The Hall–Kier alpha value is -2.66. The molecule has 0 amide bonds. The number of anilines is 1. The molecule has 33 heavy (non-hydrogen) atoms. The fourth-order valence-corrected chi connectivity index (χ4v) is 5.48. The molecule has 4 nitrogen and oxygen atoms in total. The van der Waals surface area contributed by atoms with E-state index in [4.69, 9.17) is 4.74 Å². The first-order valence-corrected chi connectivity index (χ1v) is 12.2. The zero-order valence-electron chi connectivity index (χ0n) is 19.5. The van der Waals surface area contributed by atoms with Gasteiger partial charge in [0.15, 0.2) is 0 Å². The molecule has 3 heterocycles. The van der Waals surface area contributed by atoms with Crippen LogP contribution in [0.3, 0.4) is 0 Å². The molecule has 5 rings (SSSR count). The summed E-state index contributed by atoms with van der Waals surface area (Å²) >= 11 is 0. The number of nitrogens with zero attached hydrogens (tertiary/aromatic N) is 3. The van der Waals surface area contributed by atoms with Crippen molar-refractivity contribution in [3.63, 3.8) is 0 Å². The van der Waals surface area contributed by atoms with E-state index < -0.39 is 0 Å². The van der Waals surface area contributed by atoms with Crippen LogP contribution in [0.15, 0.2) is 85.5 Å². The van der Waals surface area contributed by atoms with Gasteiger partial charge in [-0.2, -0.15) is 0 Å². The van der Waals surface area contributed by atoms with Crippen LogP contribution in [0.2, 0.25) is 0 Å². The third-order valence-electron chi connectivity index (χ3n) is 7.36. The summed E-state index contributed by atoms with van der Waals surface area (Å²) in [5, 5.41) is 0. The lowest BCUT2D eigenvalue weighted by Crippen LogP contribution is -2.60. The average Bonchev–Trinajstić information content (AvgIpc) is 2.85. The maximum Gasteiger partial charge on any atom is 0.0642 e. The van der Waals surface area contributed by atoms with Crippen molar-refractivity contribution < 1.29 is 4.74 Å². The number of morpholine rings is 1. The number of hydrogen-bond acceptors (Lipinski definition) is 4. The van der Waals surface area contributed by atoms with E-state index in [1.807, 2.05) is 12.2 Å². The van der Waals surface area contributed by atoms with Crippen LogP contribution in [-0.4, -0.2) is 61.8 Å². The second kappa shape index (κ2) is 10.1. The molecule has 0 radical (unpaired) electrons. The number of rotatable bonds is 7. The monoisotopic (exact) mass is 441 g/mol. The number of likely N-dealkylation sites (tertiary alicyclic amines) is 1. The van der Waals surface area contributed by atoms with E-state index >= 15 is 0 Å². The van der Waals surface area contributed by atoms with Gasteiger partial charge in [-0.3, -0.25) is 9.80 Å². The first-order chi connectivity index (χ1) is 16.3. The maximum atomic E-state index is 5.52. The van der Waals surface area contributed by atoms with E-state index in [1.165, 1.54) is 28.0 Å². The van der Waals surface area contributed by atoms with E-state index in [9.17, 15) is 0 Å². The molecule has 2 fully saturated rings. The highest BCUT2D eigenvalue weighted by molar-refractivity contribution is 5.52. The first kappa shape index (κ1) is 22.1. The van der Waals surface area contributed by atoms with Gasteiger partial charge >= 0.3 is 0 Å². The number of allylic oxidation sites excluding steroid dienone is 2. The third-order valence-corrected chi connectivity index (χ3v) is 7.36. The van der Waals surface area contributed by atoms with Crippen LogP contribution in [0, 0.1) is 0 Å². The minimum Gasteiger partial charge on any atom is -0.378 e. The molecule has 0 saturated carbocycles. The smallest absolute Gasteiger partial charge is 0.0642 e. The van der Waals surface area contributed by atoms with E-state index in [1.54, 1.807) is 0 Å². The molecule has 2 saturated heterocycles. The summed E-state index contributed by atoms with van der Waals surface area (Å²) in [7, 11) is 0. The lowest BCUT2D eigenvalue weighted by Gasteiger charge is -2.50. The summed E-state index contributed by atoms with van der Waals surface area (Å²) in [6, 6.07) is 18.7. The largest absolute Gasteiger partial charge is 0.378 e.